The Balaban J connectivity index is 2.59. The Morgan fingerprint density at radius 1 is 0.913 bits per heavy atom. The van der Waals surface area contributed by atoms with Crippen molar-refractivity contribution in [3.05, 3.63) is 59.7 Å². The maximum atomic E-state index is 12.3. The number of benzene rings is 2. The number of ether oxygens (including phenoxy) is 2. The highest BCUT2D eigenvalue weighted by Crippen LogP contribution is 2.38. The zero-order chi connectivity index (χ0) is 16.9. The standard InChI is InChI=1S/C19H22O4/c1-4-13-19(18(20)21,14-5-9-16(22-2)10-6-14)15-7-11-17(23-3)12-8-15/h5-12H,4,13H2,1-3H3,(H,20,21). The van der Waals surface area contributed by atoms with Crippen LogP contribution in [-0.4, -0.2) is 25.3 Å². The first-order valence-corrected chi connectivity index (χ1v) is 7.61. The SMILES string of the molecule is CCCC(C(=O)O)(c1ccc(OC)cc1)c1ccc(OC)cc1. The third-order valence-corrected chi connectivity index (χ3v) is 4.16. The number of carboxylic acid groups (broad SMARTS) is 1. The second-order valence-electron chi connectivity index (χ2n) is 5.42. The third kappa shape index (κ3) is 3.16. The zero-order valence-electron chi connectivity index (χ0n) is 13.7. The highest BCUT2D eigenvalue weighted by molar-refractivity contribution is 5.86. The fraction of sp³-hybridized carbons (Fsp3) is 0.316. The van der Waals surface area contributed by atoms with Crippen LogP contribution in [0.4, 0.5) is 0 Å². The van der Waals surface area contributed by atoms with E-state index < -0.39 is 11.4 Å². The minimum absolute atomic E-state index is 0.515. The van der Waals surface area contributed by atoms with Crippen molar-refractivity contribution < 1.29 is 19.4 Å². The molecule has 0 aliphatic rings. The van der Waals surface area contributed by atoms with Gasteiger partial charge in [-0.05, 0) is 41.8 Å². The molecular weight excluding hydrogens is 292 g/mol. The van der Waals surface area contributed by atoms with Crippen LogP contribution >= 0.6 is 0 Å². The molecule has 1 N–H and O–H groups in total. The van der Waals surface area contributed by atoms with Gasteiger partial charge >= 0.3 is 5.97 Å². The minimum atomic E-state index is -1.08. The topological polar surface area (TPSA) is 55.8 Å². The number of aliphatic carboxylic acids is 1. The van der Waals surface area contributed by atoms with Crippen LogP contribution in [-0.2, 0) is 10.2 Å². The second kappa shape index (κ2) is 7.18. The largest absolute Gasteiger partial charge is 0.497 e. The molecule has 0 radical (unpaired) electrons. The van der Waals surface area contributed by atoms with Gasteiger partial charge in [-0.2, -0.15) is 0 Å². The van der Waals surface area contributed by atoms with Crippen molar-refractivity contribution in [2.75, 3.05) is 14.2 Å². The summed E-state index contributed by atoms with van der Waals surface area (Å²) < 4.78 is 10.3. The maximum Gasteiger partial charge on any atom is 0.318 e. The third-order valence-electron chi connectivity index (χ3n) is 4.16. The summed E-state index contributed by atoms with van der Waals surface area (Å²) >= 11 is 0. The number of carbonyl (C=O) groups is 1. The first-order chi connectivity index (χ1) is 11.1. The number of hydrogen-bond acceptors (Lipinski definition) is 3. The molecule has 0 aliphatic carbocycles. The molecule has 0 aromatic heterocycles. The molecule has 0 saturated carbocycles. The average Bonchev–Trinajstić information content (AvgIpc) is 2.59. The first kappa shape index (κ1) is 16.9. The van der Waals surface area contributed by atoms with Gasteiger partial charge in [0.25, 0.3) is 0 Å². The molecule has 0 aliphatic heterocycles. The molecule has 0 unspecified atom stereocenters. The van der Waals surface area contributed by atoms with Crippen LogP contribution in [0.15, 0.2) is 48.5 Å². The predicted molar refractivity (Wildman–Crippen MR) is 89.3 cm³/mol. The summed E-state index contributed by atoms with van der Waals surface area (Å²) in [5, 5.41) is 10.1. The van der Waals surface area contributed by atoms with Crippen LogP contribution in [0, 0.1) is 0 Å². The number of hydrogen-bond donors (Lipinski definition) is 1. The van der Waals surface area contributed by atoms with Gasteiger partial charge < -0.3 is 14.6 Å². The lowest BCUT2D eigenvalue weighted by Gasteiger charge is -2.30. The van der Waals surface area contributed by atoms with E-state index in [-0.39, 0.29) is 0 Å². The van der Waals surface area contributed by atoms with E-state index in [1.807, 2.05) is 31.2 Å². The molecule has 0 saturated heterocycles. The molecule has 23 heavy (non-hydrogen) atoms. The van der Waals surface area contributed by atoms with Crippen LogP contribution in [0.5, 0.6) is 11.5 Å². The van der Waals surface area contributed by atoms with Gasteiger partial charge in [0.2, 0.25) is 0 Å². The second-order valence-corrected chi connectivity index (χ2v) is 5.42. The summed E-state index contributed by atoms with van der Waals surface area (Å²) in [6.07, 6.45) is 1.27. The van der Waals surface area contributed by atoms with E-state index in [1.54, 1.807) is 38.5 Å². The molecule has 0 amide bonds. The van der Waals surface area contributed by atoms with E-state index in [4.69, 9.17) is 9.47 Å². The predicted octanol–water partition coefficient (Wildman–Crippen LogP) is 3.87. The highest BCUT2D eigenvalue weighted by Gasteiger charge is 2.41. The fourth-order valence-corrected chi connectivity index (χ4v) is 2.94. The monoisotopic (exact) mass is 314 g/mol. The van der Waals surface area contributed by atoms with Gasteiger partial charge in [0.1, 0.15) is 16.9 Å². The first-order valence-electron chi connectivity index (χ1n) is 7.61. The van der Waals surface area contributed by atoms with E-state index in [2.05, 4.69) is 0 Å². The van der Waals surface area contributed by atoms with Crippen molar-refractivity contribution in [2.24, 2.45) is 0 Å². The van der Waals surface area contributed by atoms with Gasteiger partial charge in [0.15, 0.2) is 0 Å². The van der Waals surface area contributed by atoms with Crippen LogP contribution in [0.2, 0.25) is 0 Å². The molecule has 2 aromatic carbocycles. The minimum Gasteiger partial charge on any atom is -0.497 e. The average molecular weight is 314 g/mol. The van der Waals surface area contributed by atoms with Gasteiger partial charge in [-0.1, -0.05) is 37.6 Å². The van der Waals surface area contributed by atoms with Crippen LogP contribution < -0.4 is 9.47 Å². The number of carboxylic acids is 1. The molecule has 4 heteroatoms. The maximum absolute atomic E-state index is 12.3. The van der Waals surface area contributed by atoms with Gasteiger partial charge in [-0.25, -0.2) is 0 Å². The molecule has 4 nitrogen and oxygen atoms in total. The Morgan fingerprint density at radius 3 is 1.57 bits per heavy atom. The van der Waals surface area contributed by atoms with Crippen LogP contribution in [0.25, 0.3) is 0 Å². The number of rotatable bonds is 7. The van der Waals surface area contributed by atoms with Gasteiger partial charge in [-0.15, -0.1) is 0 Å². The Morgan fingerprint density at radius 2 is 1.30 bits per heavy atom. The molecule has 0 fully saturated rings. The zero-order valence-corrected chi connectivity index (χ0v) is 13.7. The highest BCUT2D eigenvalue weighted by atomic mass is 16.5. The lowest BCUT2D eigenvalue weighted by Crippen LogP contribution is -2.37. The summed E-state index contributed by atoms with van der Waals surface area (Å²) in [6.45, 7) is 1.99. The molecule has 0 atom stereocenters. The Hall–Kier alpha value is -2.49. The van der Waals surface area contributed by atoms with Crippen molar-refractivity contribution in [1.82, 2.24) is 0 Å². The van der Waals surface area contributed by atoms with Gasteiger partial charge in [0, 0.05) is 0 Å². The fourth-order valence-electron chi connectivity index (χ4n) is 2.94. The van der Waals surface area contributed by atoms with Crippen LogP contribution in [0.1, 0.15) is 30.9 Å². The quantitative estimate of drug-likeness (QED) is 0.843. The summed E-state index contributed by atoms with van der Waals surface area (Å²) in [4.78, 5) is 12.3. The van der Waals surface area contributed by atoms with E-state index in [1.165, 1.54) is 0 Å². The summed E-state index contributed by atoms with van der Waals surface area (Å²) in [7, 11) is 3.18. The molecule has 0 spiro atoms. The molecule has 122 valence electrons. The van der Waals surface area contributed by atoms with E-state index in [0.29, 0.717) is 17.9 Å². The van der Waals surface area contributed by atoms with Crippen molar-refractivity contribution >= 4 is 5.97 Å². The Bertz CT molecular complexity index is 597. The molecular formula is C19H22O4. The smallest absolute Gasteiger partial charge is 0.318 e. The van der Waals surface area contributed by atoms with Crippen molar-refractivity contribution in [2.45, 2.75) is 25.2 Å². The normalized spacial score (nSPS) is 11.1. The van der Waals surface area contributed by atoms with Crippen molar-refractivity contribution in [1.29, 1.82) is 0 Å². The van der Waals surface area contributed by atoms with E-state index in [9.17, 15) is 9.90 Å². The molecule has 0 bridgehead atoms. The Labute approximate surface area is 136 Å². The van der Waals surface area contributed by atoms with Gasteiger partial charge in [-0.3, -0.25) is 4.79 Å². The van der Waals surface area contributed by atoms with Crippen molar-refractivity contribution in [3.63, 3.8) is 0 Å². The van der Waals surface area contributed by atoms with Crippen LogP contribution in [0.3, 0.4) is 0 Å². The number of methoxy groups -OCH3 is 2. The summed E-state index contributed by atoms with van der Waals surface area (Å²) in [6, 6.07) is 14.5. The molecule has 0 heterocycles. The molecule has 2 aromatic rings. The van der Waals surface area contributed by atoms with Crippen molar-refractivity contribution in [3.8, 4) is 11.5 Å². The lowest BCUT2D eigenvalue weighted by atomic mass is 9.71. The lowest BCUT2D eigenvalue weighted by molar-refractivity contribution is -0.142. The van der Waals surface area contributed by atoms with E-state index >= 15 is 0 Å². The summed E-state index contributed by atoms with van der Waals surface area (Å²) in [5.41, 5.74) is 0.420. The van der Waals surface area contributed by atoms with E-state index in [0.717, 1.165) is 17.5 Å². The Kier molecular flexibility index (Phi) is 5.27. The van der Waals surface area contributed by atoms with Gasteiger partial charge in [0.05, 0.1) is 14.2 Å². The molecule has 2 rings (SSSR count). The summed E-state index contributed by atoms with van der Waals surface area (Å²) in [5.74, 6) is 0.563.